The summed E-state index contributed by atoms with van der Waals surface area (Å²) in [6, 6.07) is 12.5. The number of rotatable bonds is 4. The van der Waals surface area contributed by atoms with Crippen LogP contribution in [0.25, 0.3) is 0 Å². The van der Waals surface area contributed by atoms with Gasteiger partial charge in [-0.2, -0.15) is 9.98 Å². The molecule has 1 heterocycles. The van der Waals surface area contributed by atoms with Gasteiger partial charge >= 0.3 is 0 Å². The van der Waals surface area contributed by atoms with Gasteiger partial charge in [0.2, 0.25) is 10.0 Å². The van der Waals surface area contributed by atoms with Crippen molar-refractivity contribution in [3.63, 3.8) is 0 Å². The molecule has 1 aliphatic rings. The first kappa shape index (κ1) is 16.3. The topological polar surface area (TPSA) is 88.4 Å². The standard InChI is InChI=1S/C17H16N2O4S/c1-12-2-4-13(5-3-12)15(11-18)19-24(20,21)14-6-7-16-17(10-14)23-9-8-22-16/h2-7,10,15,19H,8-9H2,1H3. The summed E-state index contributed by atoms with van der Waals surface area (Å²) in [5, 5.41) is 9.33. The van der Waals surface area contributed by atoms with Crippen LogP contribution >= 0.6 is 0 Å². The number of nitrogens with one attached hydrogen (secondary N) is 1. The molecule has 0 saturated heterocycles. The maximum absolute atomic E-state index is 12.6. The number of hydrogen-bond donors (Lipinski definition) is 1. The van der Waals surface area contributed by atoms with Gasteiger partial charge < -0.3 is 9.47 Å². The largest absolute Gasteiger partial charge is 0.486 e. The minimum Gasteiger partial charge on any atom is -0.486 e. The second kappa shape index (κ2) is 6.51. The highest BCUT2D eigenvalue weighted by molar-refractivity contribution is 7.89. The molecule has 0 aromatic heterocycles. The highest BCUT2D eigenvalue weighted by Crippen LogP contribution is 2.32. The summed E-state index contributed by atoms with van der Waals surface area (Å²) in [6.45, 7) is 2.72. The molecular weight excluding hydrogens is 328 g/mol. The molecule has 0 spiro atoms. The lowest BCUT2D eigenvalue weighted by atomic mass is 10.1. The van der Waals surface area contributed by atoms with Crippen molar-refractivity contribution in [3.05, 3.63) is 53.6 Å². The Balaban J connectivity index is 1.87. The van der Waals surface area contributed by atoms with Crippen LogP contribution in [0.2, 0.25) is 0 Å². The summed E-state index contributed by atoms with van der Waals surface area (Å²) < 4.78 is 38.3. The minimum atomic E-state index is -3.87. The summed E-state index contributed by atoms with van der Waals surface area (Å²) in [4.78, 5) is 0.0270. The Morgan fingerprint density at radius 2 is 1.75 bits per heavy atom. The van der Waals surface area contributed by atoms with Crippen molar-refractivity contribution < 1.29 is 17.9 Å². The van der Waals surface area contributed by atoms with Crippen molar-refractivity contribution in [2.75, 3.05) is 13.2 Å². The molecule has 0 fully saturated rings. The molecule has 0 saturated carbocycles. The molecule has 0 aliphatic carbocycles. The predicted octanol–water partition coefficient (Wildman–Crippen LogP) is 2.31. The van der Waals surface area contributed by atoms with Crippen LogP contribution < -0.4 is 14.2 Å². The average molecular weight is 344 g/mol. The van der Waals surface area contributed by atoms with Crippen molar-refractivity contribution in [2.24, 2.45) is 0 Å². The fourth-order valence-electron chi connectivity index (χ4n) is 2.34. The second-order valence-electron chi connectivity index (χ2n) is 5.40. The van der Waals surface area contributed by atoms with E-state index in [1.165, 1.54) is 12.1 Å². The minimum absolute atomic E-state index is 0.0270. The molecule has 2 aromatic carbocycles. The normalized spacial score (nSPS) is 14.7. The van der Waals surface area contributed by atoms with E-state index in [4.69, 9.17) is 9.47 Å². The Kier molecular flexibility index (Phi) is 4.42. The molecule has 124 valence electrons. The Morgan fingerprint density at radius 1 is 1.08 bits per heavy atom. The van der Waals surface area contributed by atoms with E-state index in [-0.39, 0.29) is 4.90 Å². The summed E-state index contributed by atoms with van der Waals surface area (Å²) in [7, 11) is -3.87. The third-order valence-corrected chi connectivity index (χ3v) is 5.06. The maximum atomic E-state index is 12.6. The number of ether oxygens (including phenoxy) is 2. The van der Waals surface area contributed by atoms with Crippen LogP contribution in [0.4, 0.5) is 0 Å². The van der Waals surface area contributed by atoms with E-state index in [0.29, 0.717) is 30.3 Å². The molecule has 1 aliphatic heterocycles. The lowest BCUT2D eigenvalue weighted by Gasteiger charge is -2.19. The molecular formula is C17H16N2O4S. The summed E-state index contributed by atoms with van der Waals surface area (Å²) in [6.07, 6.45) is 0. The summed E-state index contributed by atoms with van der Waals surface area (Å²) in [5.41, 5.74) is 1.62. The SMILES string of the molecule is Cc1ccc(C(C#N)NS(=O)(=O)c2ccc3c(c2)OCCO3)cc1. The van der Waals surface area contributed by atoms with Crippen LogP contribution in [-0.4, -0.2) is 21.6 Å². The van der Waals surface area contributed by atoms with Crippen LogP contribution in [0.1, 0.15) is 17.2 Å². The Morgan fingerprint density at radius 3 is 2.42 bits per heavy atom. The van der Waals surface area contributed by atoms with E-state index in [1.807, 2.05) is 25.1 Å². The molecule has 24 heavy (non-hydrogen) atoms. The predicted molar refractivity (Wildman–Crippen MR) is 87.3 cm³/mol. The molecule has 1 N–H and O–H groups in total. The van der Waals surface area contributed by atoms with E-state index >= 15 is 0 Å². The van der Waals surface area contributed by atoms with Gasteiger partial charge in [-0.25, -0.2) is 8.42 Å². The Labute approximate surface area is 140 Å². The highest BCUT2D eigenvalue weighted by Gasteiger charge is 2.23. The third-order valence-electron chi connectivity index (χ3n) is 3.64. The van der Waals surface area contributed by atoms with Crippen LogP contribution in [0.15, 0.2) is 47.4 Å². The first-order chi connectivity index (χ1) is 11.5. The molecule has 0 amide bonds. The van der Waals surface area contributed by atoms with E-state index in [0.717, 1.165) is 5.56 Å². The van der Waals surface area contributed by atoms with Gasteiger partial charge in [0.15, 0.2) is 11.5 Å². The van der Waals surface area contributed by atoms with Gasteiger partial charge in [0.1, 0.15) is 19.3 Å². The molecule has 1 atom stereocenters. The van der Waals surface area contributed by atoms with E-state index in [1.54, 1.807) is 18.2 Å². The number of fused-ring (bicyclic) bond motifs is 1. The summed E-state index contributed by atoms with van der Waals surface area (Å²) in [5.74, 6) is 0.892. The van der Waals surface area contributed by atoms with Crippen molar-refractivity contribution in [1.29, 1.82) is 5.26 Å². The third kappa shape index (κ3) is 3.35. The van der Waals surface area contributed by atoms with Crippen molar-refractivity contribution in [3.8, 4) is 17.6 Å². The zero-order valence-corrected chi connectivity index (χ0v) is 13.8. The molecule has 3 rings (SSSR count). The Hall–Kier alpha value is -2.56. The average Bonchev–Trinajstić information content (AvgIpc) is 2.60. The zero-order valence-electron chi connectivity index (χ0n) is 13.0. The van der Waals surface area contributed by atoms with E-state index in [2.05, 4.69) is 4.72 Å². The van der Waals surface area contributed by atoms with Gasteiger partial charge in [0.25, 0.3) is 0 Å². The Bertz CT molecular complexity index is 886. The molecule has 6 nitrogen and oxygen atoms in total. The first-order valence-electron chi connectivity index (χ1n) is 7.38. The number of hydrogen-bond acceptors (Lipinski definition) is 5. The quantitative estimate of drug-likeness (QED) is 0.919. The number of nitrogens with zero attached hydrogens (tertiary/aromatic N) is 1. The van der Waals surface area contributed by atoms with E-state index < -0.39 is 16.1 Å². The van der Waals surface area contributed by atoms with Crippen molar-refractivity contribution in [1.82, 2.24) is 4.72 Å². The molecule has 1 unspecified atom stereocenters. The van der Waals surface area contributed by atoms with Crippen molar-refractivity contribution >= 4 is 10.0 Å². The number of sulfonamides is 1. The van der Waals surface area contributed by atoms with Crippen LogP contribution in [-0.2, 0) is 10.0 Å². The molecule has 2 aromatic rings. The van der Waals surface area contributed by atoms with Gasteiger partial charge in [-0.1, -0.05) is 29.8 Å². The number of aryl methyl sites for hydroxylation is 1. The lowest BCUT2D eigenvalue weighted by molar-refractivity contribution is 0.171. The number of nitriles is 1. The smallest absolute Gasteiger partial charge is 0.242 e. The fraction of sp³-hybridized carbons (Fsp3) is 0.235. The fourth-order valence-corrected chi connectivity index (χ4v) is 3.49. The molecule has 0 bridgehead atoms. The first-order valence-corrected chi connectivity index (χ1v) is 8.86. The monoisotopic (exact) mass is 344 g/mol. The van der Waals surface area contributed by atoms with Gasteiger partial charge in [0, 0.05) is 6.07 Å². The van der Waals surface area contributed by atoms with Gasteiger partial charge in [-0.15, -0.1) is 0 Å². The van der Waals surface area contributed by atoms with Crippen molar-refractivity contribution in [2.45, 2.75) is 17.9 Å². The molecule has 7 heteroatoms. The van der Waals surface area contributed by atoms with E-state index in [9.17, 15) is 13.7 Å². The van der Waals surface area contributed by atoms with Crippen LogP contribution in [0, 0.1) is 18.3 Å². The molecule has 0 radical (unpaired) electrons. The van der Waals surface area contributed by atoms with Gasteiger partial charge in [-0.05, 0) is 24.6 Å². The summed E-state index contributed by atoms with van der Waals surface area (Å²) >= 11 is 0. The highest BCUT2D eigenvalue weighted by atomic mass is 32.2. The van der Waals surface area contributed by atoms with Gasteiger partial charge in [0.05, 0.1) is 11.0 Å². The van der Waals surface area contributed by atoms with Crippen LogP contribution in [0.3, 0.4) is 0 Å². The van der Waals surface area contributed by atoms with Gasteiger partial charge in [-0.3, -0.25) is 0 Å². The number of benzene rings is 2. The lowest BCUT2D eigenvalue weighted by Crippen LogP contribution is -2.28. The zero-order chi connectivity index (χ0) is 17.2. The maximum Gasteiger partial charge on any atom is 0.242 e. The second-order valence-corrected chi connectivity index (χ2v) is 7.11. The van der Waals surface area contributed by atoms with Crippen LogP contribution in [0.5, 0.6) is 11.5 Å².